The number of methoxy groups -OCH3 is 1. The molecule has 0 saturated heterocycles. The molecule has 0 atom stereocenters. The number of hydrogen-bond donors (Lipinski definition) is 1. The minimum absolute atomic E-state index is 0.237. The van der Waals surface area contributed by atoms with Crippen LogP contribution in [-0.4, -0.2) is 37.6 Å². The van der Waals surface area contributed by atoms with Crippen LogP contribution in [0, 0.1) is 0 Å². The summed E-state index contributed by atoms with van der Waals surface area (Å²) in [4.78, 5) is 10.7. The maximum Gasteiger partial charge on any atom is 0.405 e. The number of nitrogens with two attached hydrogens (primary N) is 1. The lowest BCUT2D eigenvalue weighted by molar-refractivity contribution is -0.0600. The van der Waals surface area contributed by atoms with Crippen molar-refractivity contribution in [1.29, 1.82) is 0 Å². The van der Waals surface area contributed by atoms with Gasteiger partial charge in [-0.1, -0.05) is 0 Å². The maximum atomic E-state index is 10.7. The minimum atomic E-state index is -0.756. The van der Waals surface area contributed by atoms with E-state index >= 15 is 0 Å². The Morgan fingerprint density at radius 3 is 2.06 bits per heavy atom. The van der Waals surface area contributed by atoms with Gasteiger partial charge >= 0.3 is 6.09 Å². The first-order chi connectivity index (χ1) is 7.68. The molecule has 17 heavy (non-hydrogen) atoms. The number of primary amides is 1. The SMILES string of the molecule is COCCC(C)(C)OCCC(C)(C)OC(N)=O. The van der Waals surface area contributed by atoms with Gasteiger partial charge in [-0.15, -0.1) is 0 Å². The minimum Gasteiger partial charge on any atom is -0.444 e. The van der Waals surface area contributed by atoms with Crippen LogP contribution in [0.15, 0.2) is 0 Å². The van der Waals surface area contributed by atoms with E-state index in [4.69, 9.17) is 19.9 Å². The highest BCUT2D eigenvalue weighted by Crippen LogP contribution is 2.19. The molecule has 0 rings (SSSR count). The van der Waals surface area contributed by atoms with Crippen molar-refractivity contribution in [2.75, 3.05) is 20.3 Å². The third kappa shape index (κ3) is 8.94. The van der Waals surface area contributed by atoms with Gasteiger partial charge in [-0.05, 0) is 34.1 Å². The highest BCUT2D eigenvalue weighted by molar-refractivity contribution is 5.65. The van der Waals surface area contributed by atoms with Crippen molar-refractivity contribution < 1.29 is 19.0 Å². The lowest BCUT2D eigenvalue weighted by Gasteiger charge is -2.28. The Morgan fingerprint density at radius 2 is 1.59 bits per heavy atom. The fourth-order valence-electron chi connectivity index (χ4n) is 1.32. The highest BCUT2D eigenvalue weighted by Gasteiger charge is 2.24. The molecule has 1 amide bonds. The second-order valence-electron chi connectivity index (χ2n) is 5.28. The number of rotatable bonds is 8. The molecule has 0 radical (unpaired) electrons. The first-order valence-electron chi connectivity index (χ1n) is 5.80. The quantitative estimate of drug-likeness (QED) is 0.713. The predicted octanol–water partition coefficient (Wildman–Crippen LogP) is 2.08. The van der Waals surface area contributed by atoms with Gasteiger partial charge in [0.2, 0.25) is 0 Å². The molecule has 0 fully saturated rings. The standard InChI is InChI=1S/C12H25NO4/c1-11(2,6-8-15-5)16-9-7-12(3,4)17-10(13)14/h6-9H2,1-5H3,(H2,13,14). The zero-order valence-corrected chi connectivity index (χ0v) is 11.5. The van der Waals surface area contributed by atoms with Crippen LogP contribution in [0.1, 0.15) is 40.5 Å². The van der Waals surface area contributed by atoms with E-state index in [2.05, 4.69) is 0 Å². The van der Waals surface area contributed by atoms with E-state index in [1.165, 1.54) is 0 Å². The van der Waals surface area contributed by atoms with Gasteiger partial charge in [0.25, 0.3) is 0 Å². The zero-order chi connectivity index (χ0) is 13.5. The third-order valence-corrected chi connectivity index (χ3v) is 2.48. The highest BCUT2D eigenvalue weighted by atomic mass is 16.6. The average molecular weight is 247 g/mol. The van der Waals surface area contributed by atoms with Crippen molar-refractivity contribution in [2.45, 2.75) is 51.7 Å². The molecule has 0 unspecified atom stereocenters. The molecule has 0 aromatic carbocycles. The summed E-state index contributed by atoms with van der Waals surface area (Å²) >= 11 is 0. The van der Waals surface area contributed by atoms with Crippen molar-refractivity contribution in [3.63, 3.8) is 0 Å². The summed E-state index contributed by atoms with van der Waals surface area (Å²) in [7, 11) is 1.67. The molecule has 0 aromatic heterocycles. The van der Waals surface area contributed by atoms with Gasteiger partial charge in [-0.2, -0.15) is 0 Å². The van der Waals surface area contributed by atoms with E-state index in [9.17, 15) is 4.79 Å². The summed E-state index contributed by atoms with van der Waals surface area (Å²) in [6.07, 6.45) is 0.668. The molecule has 102 valence electrons. The molecule has 0 bridgehead atoms. The van der Waals surface area contributed by atoms with Crippen molar-refractivity contribution in [3.05, 3.63) is 0 Å². The Labute approximate surface area is 104 Å². The molecule has 0 aliphatic rings. The van der Waals surface area contributed by atoms with Crippen molar-refractivity contribution >= 4 is 6.09 Å². The Bertz CT molecular complexity index is 239. The summed E-state index contributed by atoms with van der Waals surface area (Å²) < 4.78 is 15.7. The molecule has 0 saturated carbocycles. The molecular formula is C12H25NO4. The number of ether oxygens (including phenoxy) is 3. The average Bonchev–Trinajstić information content (AvgIpc) is 2.11. The molecule has 0 aliphatic heterocycles. The topological polar surface area (TPSA) is 70.8 Å². The first kappa shape index (κ1) is 16.2. The molecule has 0 spiro atoms. The van der Waals surface area contributed by atoms with Crippen molar-refractivity contribution in [1.82, 2.24) is 0 Å². The van der Waals surface area contributed by atoms with Crippen LogP contribution in [0.5, 0.6) is 0 Å². The van der Waals surface area contributed by atoms with Crippen molar-refractivity contribution in [3.8, 4) is 0 Å². The summed E-state index contributed by atoms with van der Waals surface area (Å²) in [6, 6.07) is 0. The Morgan fingerprint density at radius 1 is 1.06 bits per heavy atom. The molecule has 2 N–H and O–H groups in total. The molecule has 5 heteroatoms. The Kier molecular flexibility index (Phi) is 6.49. The molecule has 0 aliphatic carbocycles. The fourth-order valence-corrected chi connectivity index (χ4v) is 1.32. The number of carbonyl (C=O) groups excluding carboxylic acids is 1. The monoisotopic (exact) mass is 247 g/mol. The van der Waals surface area contributed by atoms with Crippen LogP contribution >= 0.6 is 0 Å². The van der Waals surface area contributed by atoms with E-state index in [-0.39, 0.29) is 5.60 Å². The van der Waals surface area contributed by atoms with E-state index in [0.29, 0.717) is 19.6 Å². The molecule has 0 aromatic rings. The number of carbonyl (C=O) groups is 1. The van der Waals surface area contributed by atoms with Crippen LogP contribution in [0.2, 0.25) is 0 Å². The largest absolute Gasteiger partial charge is 0.444 e. The van der Waals surface area contributed by atoms with Gasteiger partial charge in [-0.3, -0.25) is 0 Å². The van der Waals surface area contributed by atoms with Gasteiger partial charge in [0, 0.05) is 20.1 Å². The van der Waals surface area contributed by atoms with Crippen LogP contribution < -0.4 is 5.73 Å². The second kappa shape index (κ2) is 6.81. The van der Waals surface area contributed by atoms with E-state index in [1.54, 1.807) is 7.11 Å². The lowest BCUT2D eigenvalue weighted by atomic mass is 10.0. The van der Waals surface area contributed by atoms with Crippen LogP contribution in [0.25, 0.3) is 0 Å². The van der Waals surface area contributed by atoms with Crippen molar-refractivity contribution in [2.24, 2.45) is 5.73 Å². The Balaban J connectivity index is 3.92. The summed E-state index contributed by atoms with van der Waals surface area (Å²) in [5.74, 6) is 0. The lowest BCUT2D eigenvalue weighted by Crippen LogP contribution is -2.34. The molecular weight excluding hydrogens is 222 g/mol. The normalized spacial score (nSPS) is 12.5. The molecule has 0 heterocycles. The summed E-state index contributed by atoms with van der Waals surface area (Å²) in [5.41, 5.74) is 4.15. The predicted molar refractivity (Wildman–Crippen MR) is 65.9 cm³/mol. The molecule has 5 nitrogen and oxygen atoms in total. The van der Waals surface area contributed by atoms with Crippen LogP contribution in [-0.2, 0) is 14.2 Å². The summed E-state index contributed by atoms with van der Waals surface area (Å²) in [5, 5.41) is 0. The first-order valence-corrected chi connectivity index (χ1v) is 5.80. The summed E-state index contributed by atoms with van der Waals surface area (Å²) in [6.45, 7) is 8.81. The zero-order valence-electron chi connectivity index (χ0n) is 11.5. The smallest absolute Gasteiger partial charge is 0.405 e. The van der Waals surface area contributed by atoms with Crippen LogP contribution in [0.3, 0.4) is 0 Å². The fraction of sp³-hybridized carbons (Fsp3) is 0.917. The Hall–Kier alpha value is -0.810. The maximum absolute atomic E-state index is 10.7. The number of amides is 1. The van der Waals surface area contributed by atoms with Gasteiger partial charge in [-0.25, -0.2) is 4.79 Å². The number of hydrogen-bond acceptors (Lipinski definition) is 4. The second-order valence-corrected chi connectivity index (χ2v) is 5.28. The van der Waals surface area contributed by atoms with E-state index in [1.807, 2.05) is 27.7 Å². The van der Waals surface area contributed by atoms with Gasteiger partial charge in [0.15, 0.2) is 0 Å². The van der Waals surface area contributed by atoms with E-state index in [0.717, 1.165) is 6.42 Å². The van der Waals surface area contributed by atoms with Gasteiger partial charge in [0.05, 0.1) is 12.2 Å². The van der Waals surface area contributed by atoms with Gasteiger partial charge < -0.3 is 19.9 Å². The third-order valence-electron chi connectivity index (χ3n) is 2.48. The van der Waals surface area contributed by atoms with E-state index < -0.39 is 11.7 Å². The van der Waals surface area contributed by atoms with Gasteiger partial charge in [0.1, 0.15) is 5.60 Å². The van der Waals surface area contributed by atoms with Crippen LogP contribution in [0.4, 0.5) is 4.79 Å².